The molecule has 0 radical (unpaired) electrons. The molecule has 11 heteroatoms. The van der Waals surface area contributed by atoms with E-state index in [4.69, 9.17) is 16.7 Å². The fraction of sp³-hybridized carbons (Fsp3) is 0.125. The molecule has 0 spiro atoms. The van der Waals surface area contributed by atoms with Crippen LogP contribution in [-0.2, 0) is 30.8 Å². The van der Waals surface area contributed by atoms with Crippen LogP contribution in [0.25, 0.3) is 0 Å². The summed E-state index contributed by atoms with van der Waals surface area (Å²) >= 11 is 7.11. The molecule has 8 nitrogen and oxygen atoms in total. The Balaban J connectivity index is 1.37. The van der Waals surface area contributed by atoms with E-state index in [1.165, 1.54) is 36.0 Å². The van der Waals surface area contributed by atoms with Gasteiger partial charge in [-0.1, -0.05) is 23.7 Å². The van der Waals surface area contributed by atoms with Crippen molar-refractivity contribution in [2.24, 2.45) is 5.14 Å². The summed E-state index contributed by atoms with van der Waals surface area (Å²) in [5, 5.41) is 7.90. The third-order valence-corrected chi connectivity index (χ3v) is 7.60. The van der Waals surface area contributed by atoms with Crippen LogP contribution in [0, 0.1) is 0 Å². The Hall–Kier alpha value is -3.18. The van der Waals surface area contributed by atoms with Gasteiger partial charge in [-0.05, 0) is 66.2 Å². The number of thioether (sulfide) groups is 1. The summed E-state index contributed by atoms with van der Waals surface area (Å²) in [6.07, 6.45) is 0.223. The van der Waals surface area contributed by atoms with Crippen LogP contribution in [-0.4, -0.2) is 31.4 Å². The number of nitrogens with two attached hydrogens (primary N) is 1. The molecule has 0 saturated carbocycles. The number of imide groups is 1. The number of rotatable bonds is 7. The standard InChI is InChI=1S/C24H20ClN3O5S2/c25-16-3-1-15(2-4-16)13-22(29)27-17-5-9-19(10-6-17)34-21-14-23(30)28(24(21)31)18-7-11-20(12-8-18)35(26,32)33/h1-12,21H,13-14H2,(H,27,29)(H2,26,32,33). The number of hydrogen-bond acceptors (Lipinski definition) is 6. The first-order chi connectivity index (χ1) is 16.6. The predicted molar refractivity (Wildman–Crippen MR) is 135 cm³/mol. The molecule has 4 rings (SSSR count). The minimum Gasteiger partial charge on any atom is -0.326 e. The third kappa shape index (κ3) is 6.09. The summed E-state index contributed by atoms with van der Waals surface area (Å²) in [5.41, 5.74) is 1.74. The first-order valence-electron chi connectivity index (χ1n) is 10.4. The van der Waals surface area contributed by atoms with Gasteiger partial charge in [-0.25, -0.2) is 18.5 Å². The lowest BCUT2D eigenvalue weighted by Gasteiger charge is -2.15. The van der Waals surface area contributed by atoms with Crippen LogP contribution in [0.5, 0.6) is 0 Å². The van der Waals surface area contributed by atoms with Gasteiger partial charge in [-0.15, -0.1) is 11.8 Å². The number of sulfonamides is 1. The molecular formula is C24H20ClN3O5S2. The average Bonchev–Trinajstić information content (AvgIpc) is 3.09. The average molecular weight is 530 g/mol. The molecule has 0 aromatic heterocycles. The van der Waals surface area contributed by atoms with Crippen molar-refractivity contribution in [1.82, 2.24) is 0 Å². The van der Waals surface area contributed by atoms with E-state index in [0.29, 0.717) is 10.7 Å². The van der Waals surface area contributed by atoms with Gasteiger partial charge in [0.1, 0.15) is 0 Å². The Labute approximate surface area is 211 Å². The van der Waals surface area contributed by atoms with Gasteiger partial charge in [0.05, 0.1) is 22.3 Å². The van der Waals surface area contributed by atoms with Gasteiger partial charge < -0.3 is 5.32 Å². The first-order valence-corrected chi connectivity index (χ1v) is 13.2. The number of anilines is 2. The maximum Gasteiger partial charge on any atom is 0.247 e. The van der Waals surface area contributed by atoms with E-state index >= 15 is 0 Å². The Morgan fingerprint density at radius 3 is 2.23 bits per heavy atom. The zero-order valence-electron chi connectivity index (χ0n) is 18.2. The van der Waals surface area contributed by atoms with Crippen molar-refractivity contribution in [2.45, 2.75) is 27.9 Å². The Kier molecular flexibility index (Phi) is 7.27. The minimum atomic E-state index is -3.87. The molecule has 180 valence electrons. The molecule has 0 bridgehead atoms. The number of nitrogens with zero attached hydrogens (tertiary/aromatic N) is 1. The lowest BCUT2D eigenvalue weighted by Crippen LogP contribution is -2.31. The molecule has 1 atom stereocenters. The zero-order valence-corrected chi connectivity index (χ0v) is 20.6. The monoisotopic (exact) mass is 529 g/mol. The molecule has 0 aliphatic carbocycles. The maximum atomic E-state index is 12.9. The van der Waals surface area contributed by atoms with E-state index in [-0.39, 0.29) is 41.1 Å². The maximum absolute atomic E-state index is 12.9. The molecule has 1 unspecified atom stereocenters. The van der Waals surface area contributed by atoms with Crippen LogP contribution in [0.2, 0.25) is 5.02 Å². The summed E-state index contributed by atoms with van der Waals surface area (Å²) in [6.45, 7) is 0. The number of carbonyl (C=O) groups is 3. The van der Waals surface area contributed by atoms with Gasteiger partial charge in [-0.3, -0.25) is 14.4 Å². The molecule has 35 heavy (non-hydrogen) atoms. The second-order valence-electron chi connectivity index (χ2n) is 7.79. The summed E-state index contributed by atoms with van der Waals surface area (Å²) < 4.78 is 22.9. The summed E-state index contributed by atoms with van der Waals surface area (Å²) in [4.78, 5) is 39.4. The van der Waals surface area contributed by atoms with E-state index in [9.17, 15) is 22.8 Å². The predicted octanol–water partition coefficient (Wildman–Crippen LogP) is 3.59. The molecule has 3 aromatic rings. The van der Waals surface area contributed by atoms with E-state index in [1.54, 1.807) is 48.5 Å². The number of nitrogens with one attached hydrogen (secondary N) is 1. The number of benzene rings is 3. The quantitative estimate of drug-likeness (QED) is 0.450. The Morgan fingerprint density at radius 2 is 1.63 bits per heavy atom. The van der Waals surface area contributed by atoms with Crippen LogP contribution in [0.3, 0.4) is 0 Å². The van der Waals surface area contributed by atoms with Crippen molar-refractivity contribution in [3.05, 3.63) is 83.4 Å². The highest BCUT2D eigenvalue weighted by Gasteiger charge is 2.40. The van der Waals surface area contributed by atoms with Gasteiger partial charge in [0.2, 0.25) is 27.7 Å². The number of primary sulfonamides is 1. The second kappa shape index (κ2) is 10.2. The normalized spacial score (nSPS) is 15.9. The number of carbonyl (C=O) groups excluding carboxylic acids is 3. The van der Waals surface area contributed by atoms with Crippen molar-refractivity contribution >= 4 is 62.5 Å². The molecule has 1 heterocycles. The largest absolute Gasteiger partial charge is 0.326 e. The number of hydrogen-bond donors (Lipinski definition) is 2. The van der Waals surface area contributed by atoms with Gasteiger partial charge in [0.15, 0.2) is 0 Å². The topological polar surface area (TPSA) is 127 Å². The van der Waals surface area contributed by atoms with E-state index in [1.807, 2.05) is 0 Å². The molecule has 1 fully saturated rings. The van der Waals surface area contributed by atoms with Gasteiger partial charge >= 0.3 is 0 Å². The fourth-order valence-corrected chi connectivity index (χ4v) is 5.22. The number of halogens is 1. The molecule has 1 saturated heterocycles. The Morgan fingerprint density at radius 1 is 1.00 bits per heavy atom. The van der Waals surface area contributed by atoms with Crippen molar-refractivity contribution < 1.29 is 22.8 Å². The highest BCUT2D eigenvalue weighted by molar-refractivity contribution is 8.00. The highest BCUT2D eigenvalue weighted by atomic mass is 35.5. The van der Waals surface area contributed by atoms with E-state index < -0.39 is 15.3 Å². The SMILES string of the molecule is NS(=O)(=O)c1ccc(N2C(=O)CC(Sc3ccc(NC(=O)Cc4ccc(Cl)cc4)cc3)C2=O)cc1. The second-order valence-corrected chi connectivity index (χ2v) is 11.1. The number of amides is 3. The zero-order chi connectivity index (χ0) is 25.2. The summed E-state index contributed by atoms with van der Waals surface area (Å²) in [6, 6.07) is 19.3. The van der Waals surface area contributed by atoms with Crippen LogP contribution in [0.15, 0.2) is 82.6 Å². The Bertz CT molecular complexity index is 1380. The molecule has 3 aromatic carbocycles. The van der Waals surface area contributed by atoms with Gasteiger partial charge in [-0.2, -0.15) is 0 Å². The van der Waals surface area contributed by atoms with E-state index in [2.05, 4.69) is 5.32 Å². The van der Waals surface area contributed by atoms with Gasteiger partial charge in [0.25, 0.3) is 0 Å². The molecule has 1 aliphatic heterocycles. The summed E-state index contributed by atoms with van der Waals surface area (Å²) in [7, 11) is -3.87. The molecule has 1 aliphatic rings. The fourth-order valence-electron chi connectivity index (χ4n) is 3.53. The van der Waals surface area contributed by atoms with Gasteiger partial charge in [0, 0.05) is 22.0 Å². The smallest absolute Gasteiger partial charge is 0.247 e. The van der Waals surface area contributed by atoms with Crippen LogP contribution < -0.4 is 15.4 Å². The highest BCUT2D eigenvalue weighted by Crippen LogP contribution is 2.34. The van der Waals surface area contributed by atoms with Crippen molar-refractivity contribution in [3.63, 3.8) is 0 Å². The van der Waals surface area contributed by atoms with Crippen LogP contribution >= 0.6 is 23.4 Å². The van der Waals surface area contributed by atoms with Crippen LogP contribution in [0.1, 0.15) is 12.0 Å². The summed E-state index contributed by atoms with van der Waals surface area (Å²) in [5.74, 6) is -0.931. The van der Waals surface area contributed by atoms with Crippen molar-refractivity contribution in [1.29, 1.82) is 0 Å². The van der Waals surface area contributed by atoms with Crippen LogP contribution in [0.4, 0.5) is 11.4 Å². The molecular weight excluding hydrogens is 510 g/mol. The molecule has 3 amide bonds. The lowest BCUT2D eigenvalue weighted by atomic mass is 10.1. The van der Waals surface area contributed by atoms with Crippen molar-refractivity contribution in [2.75, 3.05) is 10.2 Å². The molecule has 3 N–H and O–H groups in total. The third-order valence-electron chi connectivity index (χ3n) is 5.22. The first kappa shape index (κ1) is 24.9. The lowest BCUT2D eigenvalue weighted by molar-refractivity contribution is -0.121. The minimum absolute atomic E-state index is 0.0139. The van der Waals surface area contributed by atoms with E-state index in [0.717, 1.165) is 15.4 Å². The van der Waals surface area contributed by atoms with Crippen molar-refractivity contribution in [3.8, 4) is 0 Å².